The third kappa shape index (κ3) is 5.65. The summed E-state index contributed by atoms with van der Waals surface area (Å²) in [5, 5.41) is 3.41. The van der Waals surface area contributed by atoms with Crippen molar-refractivity contribution in [2.24, 2.45) is 0 Å². The van der Waals surface area contributed by atoms with Crippen molar-refractivity contribution in [3.05, 3.63) is 94.0 Å². The summed E-state index contributed by atoms with van der Waals surface area (Å²) in [6.07, 6.45) is 3.19. The monoisotopic (exact) mass is 421 g/mol. The first-order valence-electron chi connectivity index (χ1n) is 9.57. The van der Waals surface area contributed by atoms with Gasteiger partial charge in [0.2, 0.25) is 5.91 Å². The summed E-state index contributed by atoms with van der Waals surface area (Å²) in [5.74, 6) is 1.02. The molecule has 0 aliphatic heterocycles. The molecule has 0 aliphatic rings. The molecule has 0 saturated heterocycles. The highest BCUT2D eigenvalue weighted by molar-refractivity contribution is 6.31. The fourth-order valence-electron chi connectivity index (χ4n) is 2.86. The van der Waals surface area contributed by atoms with Gasteiger partial charge in [0, 0.05) is 16.8 Å². The molecule has 0 aliphatic carbocycles. The molecule has 30 heavy (non-hydrogen) atoms. The summed E-state index contributed by atoms with van der Waals surface area (Å²) in [6, 6.07) is 19.1. The molecular formula is C25H24ClNO3. The molecule has 1 N–H and O–H groups in total. The molecule has 0 fully saturated rings. The van der Waals surface area contributed by atoms with Crippen LogP contribution >= 0.6 is 11.6 Å². The van der Waals surface area contributed by atoms with Crippen LogP contribution in [0, 0.1) is 13.8 Å². The highest BCUT2D eigenvalue weighted by Crippen LogP contribution is 2.29. The number of carbonyl (C=O) groups excluding carboxylic acids is 1. The minimum atomic E-state index is -0.242. The van der Waals surface area contributed by atoms with Gasteiger partial charge >= 0.3 is 0 Å². The highest BCUT2D eigenvalue weighted by Gasteiger charge is 2.07. The lowest BCUT2D eigenvalue weighted by Gasteiger charge is -2.12. The Labute approximate surface area is 182 Å². The molecule has 0 atom stereocenters. The lowest BCUT2D eigenvalue weighted by molar-refractivity contribution is -0.111. The zero-order valence-electron chi connectivity index (χ0n) is 17.2. The van der Waals surface area contributed by atoms with Crippen LogP contribution in [-0.4, -0.2) is 13.0 Å². The number of amides is 1. The summed E-state index contributed by atoms with van der Waals surface area (Å²) in [7, 11) is 1.59. The first-order chi connectivity index (χ1) is 14.5. The molecule has 5 heteroatoms. The van der Waals surface area contributed by atoms with Crippen LogP contribution in [0.4, 0.5) is 5.69 Å². The summed E-state index contributed by atoms with van der Waals surface area (Å²) < 4.78 is 11.4. The van der Waals surface area contributed by atoms with Gasteiger partial charge in [0.25, 0.3) is 0 Å². The van der Waals surface area contributed by atoms with Gasteiger partial charge in [-0.15, -0.1) is 0 Å². The van der Waals surface area contributed by atoms with Crippen LogP contribution in [-0.2, 0) is 11.4 Å². The molecule has 0 saturated carbocycles. The molecular weight excluding hydrogens is 398 g/mol. The van der Waals surface area contributed by atoms with Crippen LogP contribution in [0.15, 0.2) is 66.7 Å². The second-order valence-electron chi connectivity index (χ2n) is 6.91. The quantitative estimate of drug-likeness (QED) is 0.462. The number of aryl methyl sites for hydroxylation is 2. The molecule has 1 amide bonds. The van der Waals surface area contributed by atoms with E-state index in [-0.39, 0.29) is 5.91 Å². The average Bonchev–Trinajstić information content (AvgIpc) is 2.74. The first kappa shape index (κ1) is 21.5. The molecule has 4 nitrogen and oxygen atoms in total. The van der Waals surface area contributed by atoms with Crippen molar-refractivity contribution in [3.8, 4) is 11.5 Å². The Morgan fingerprint density at radius 3 is 2.53 bits per heavy atom. The number of halogens is 1. The van der Waals surface area contributed by atoms with Crippen LogP contribution < -0.4 is 14.8 Å². The van der Waals surface area contributed by atoms with Crippen LogP contribution in [0.5, 0.6) is 11.5 Å². The third-order valence-electron chi connectivity index (χ3n) is 4.70. The summed E-state index contributed by atoms with van der Waals surface area (Å²) in [5.41, 5.74) is 4.74. The lowest BCUT2D eigenvalue weighted by Crippen LogP contribution is -2.07. The number of anilines is 1. The normalized spacial score (nSPS) is 10.8. The zero-order valence-corrected chi connectivity index (χ0v) is 18.0. The Morgan fingerprint density at radius 2 is 1.80 bits per heavy atom. The molecule has 0 heterocycles. The Bertz CT molecular complexity index is 1080. The van der Waals surface area contributed by atoms with Gasteiger partial charge in [-0.2, -0.15) is 0 Å². The lowest BCUT2D eigenvalue weighted by atomic mass is 10.1. The van der Waals surface area contributed by atoms with Crippen molar-refractivity contribution in [2.45, 2.75) is 20.5 Å². The number of ether oxygens (including phenoxy) is 2. The Morgan fingerprint density at radius 1 is 1.00 bits per heavy atom. The van der Waals surface area contributed by atoms with Gasteiger partial charge in [-0.25, -0.2) is 0 Å². The van der Waals surface area contributed by atoms with Gasteiger partial charge in [-0.05, 0) is 66.4 Å². The summed E-state index contributed by atoms with van der Waals surface area (Å²) in [4.78, 5) is 12.2. The summed E-state index contributed by atoms with van der Waals surface area (Å²) >= 11 is 6.10. The maximum absolute atomic E-state index is 12.2. The maximum Gasteiger partial charge on any atom is 0.248 e. The van der Waals surface area contributed by atoms with E-state index in [0.29, 0.717) is 28.8 Å². The minimum absolute atomic E-state index is 0.242. The Balaban J connectivity index is 1.65. The van der Waals surface area contributed by atoms with E-state index >= 15 is 0 Å². The van der Waals surface area contributed by atoms with E-state index in [9.17, 15) is 4.79 Å². The average molecular weight is 422 g/mol. The molecule has 0 spiro atoms. The van der Waals surface area contributed by atoms with Gasteiger partial charge in [0.15, 0.2) is 11.5 Å². The second-order valence-corrected chi connectivity index (χ2v) is 7.32. The topological polar surface area (TPSA) is 47.6 Å². The van der Waals surface area contributed by atoms with Crippen molar-refractivity contribution in [2.75, 3.05) is 12.4 Å². The molecule has 0 radical (unpaired) electrons. The number of methoxy groups -OCH3 is 1. The van der Waals surface area contributed by atoms with Gasteiger partial charge in [0.05, 0.1) is 7.11 Å². The van der Waals surface area contributed by atoms with Crippen LogP contribution in [0.1, 0.15) is 22.3 Å². The smallest absolute Gasteiger partial charge is 0.248 e. The highest BCUT2D eigenvalue weighted by atomic mass is 35.5. The van der Waals surface area contributed by atoms with Crippen LogP contribution in [0.2, 0.25) is 5.02 Å². The predicted molar refractivity (Wildman–Crippen MR) is 122 cm³/mol. The van der Waals surface area contributed by atoms with Gasteiger partial charge in [-0.1, -0.05) is 48.0 Å². The van der Waals surface area contributed by atoms with Crippen LogP contribution in [0.25, 0.3) is 6.08 Å². The number of carbonyl (C=O) groups is 1. The number of hydrogen-bond acceptors (Lipinski definition) is 3. The van der Waals surface area contributed by atoms with Gasteiger partial charge < -0.3 is 14.8 Å². The van der Waals surface area contributed by atoms with Gasteiger partial charge in [-0.3, -0.25) is 4.79 Å². The standard InChI is InChI=1S/C25H24ClNO3/c1-17-6-4-5-7-20(17)16-30-23-12-9-19(14-24(23)29-3)10-13-25(28)27-21-11-8-18(2)22(26)15-21/h4-15H,16H2,1-3H3,(H,27,28). The maximum atomic E-state index is 12.2. The molecule has 3 aromatic rings. The molecule has 0 unspecified atom stereocenters. The Hall–Kier alpha value is -3.24. The van der Waals surface area contributed by atoms with Crippen LogP contribution in [0.3, 0.4) is 0 Å². The van der Waals surface area contributed by atoms with E-state index < -0.39 is 0 Å². The molecule has 154 valence electrons. The van der Waals surface area contributed by atoms with E-state index in [1.807, 2.05) is 55.5 Å². The van der Waals surface area contributed by atoms with E-state index in [0.717, 1.165) is 16.7 Å². The zero-order chi connectivity index (χ0) is 21.5. The van der Waals surface area contributed by atoms with Gasteiger partial charge in [0.1, 0.15) is 6.61 Å². The van der Waals surface area contributed by atoms with Crippen molar-refractivity contribution in [1.29, 1.82) is 0 Å². The Kier molecular flexibility index (Phi) is 7.15. The van der Waals surface area contributed by atoms with Crippen molar-refractivity contribution in [1.82, 2.24) is 0 Å². The SMILES string of the molecule is COc1cc(C=CC(=O)Nc2ccc(C)c(Cl)c2)ccc1OCc1ccccc1C. The number of hydrogen-bond donors (Lipinski definition) is 1. The third-order valence-corrected chi connectivity index (χ3v) is 5.11. The van der Waals surface area contributed by atoms with E-state index in [2.05, 4.69) is 18.3 Å². The molecule has 3 rings (SSSR count). The van der Waals surface area contributed by atoms with Crippen molar-refractivity contribution >= 4 is 29.3 Å². The largest absolute Gasteiger partial charge is 0.493 e. The van der Waals surface area contributed by atoms with E-state index in [1.54, 1.807) is 19.3 Å². The van der Waals surface area contributed by atoms with Crippen molar-refractivity contribution < 1.29 is 14.3 Å². The van der Waals surface area contributed by atoms with Crippen molar-refractivity contribution in [3.63, 3.8) is 0 Å². The number of nitrogens with one attached hydrogen (secondary N) is 1. The minimum Gasteiger partial charge on any atom is -0.493 e. The number of rotatable bonds is 7. The number of benzene rings is 3. The van der Waals surface area contributed by atoms with E-state index in [1.165, 1.54) is 11.6 Å². The molecule has 0 aromatic heterocycles. The van der Waals surface area contributed by atoms with E-state index in [4.69, 9.17) is 21.1 Å². The second kappa shape index (κ2) is 9.99. The summed E-state index contributed by atoms with van der Waals surface area (Å²) in [6.45, 7) is 4.43. The fourth-order valence-corrected chi connectivity index (χ4v) is 3.04. The molecule has 0 bridgehead atoms. The predicted octanol–water partition coefficient (Wildman–Crippen LogP) is 6.20. The molecule has 3 aromatic carbocycles. The fraction of sp³-hybridized carbons (Fsp3) is 0.160. The first-order valence-corrected chi connectivity index (χ1v) is 9.94.